The summed E-state index contributed by atoms with van der Waals surface area (Å²) < 4.78 is 5.44. The average Bonchev–Trinajstić information content (AvgIpc) is 2.96. The standard InChI is InChI=1S/C20H28N2O3/c1-4-25-18-7-5-17(6-8-18)22-13-16(10-19(22)23)20(24)21-11-14(2)9-15(3)12-21/h5-8,14-16H,4,9-13H2,1-3H3. The van der Waals surface area contributed by atoms with Gasteiger partial charge in [0.15, 0.2) is 0 Å². The van der Waals surface area contributed by atoms with E-state index in [-0.39, 0.29) is 17.7 Å². The van der Waals surface area contributed by atoms with Crippen molar-refractivity contribution < 1.29 is 14.3 Å². The maximum atomic E-state index is 12.9. The monoisotopic (exact) mass is 344 g/mol. The van der Waals surface area contributed by atoms with Gasteiger partial charge in [0.25, 0.3) is 0 Å². The van der Waals surface area contributed by atoms with Gasteiger partial charge in [0.05, 0.1) is 12.5 Å². The first-order valence-corrected chi connectivity index (χ1v) is 9.30. The second kappa shape index (κ2) is 7.46. The van der Waals surface area contributed by atoms with E-state index >= 15 is 0 Å². The van der Waals surface area contributed by atoms with Crippen LogP contribution in [0.15, 0.2) is 24.3 Å². The van der Waals surface area contributed by atoms with Gasteiger partial charge in [-0.2, -0.15) is 0 Å². The lowest BCUT2D eigenvalue weighted by Gasteiger charge is -2.36. The van der Waals surface area contributed by atoms with E-state index in [1.807, 2.05) is 36.1 Å². The highest BCUT2D eigenvalue weighted by atomic mass is 16.5. The fourth-order valence-corrected chi connectivity index (χ4v) is 4.11. The number of benzene rings is 1. The summed E-state index contributed by atoms with van der Waals surface area (Å²) in [5.41, 5.74) is 0.837. The van der Waals surface area contributed by atoms with Crippen molar-refractivity contribution >= 4 is 17.5 Å². The molecular formula is C20H28N2O3. The van der Waals surface area contributed by atoms with Gasteiger partial charge in [-0.15, -0.1) is 0 Å². The van der Waals surface area contributed by atoms with E-state index < -0.39 is 0 Å². The normalized spacial score (nSPS) is 26.8. The van der Waals surface area contributed by atoms with Gasteiger partial charge in [0, 0.05) is 31.7 Å². The van der Waals surface area contributed by atoms with E-state index in [9.17, 15) is 9.59 Å². The lowest BCUT2D eigenvalue weighted by Crippen LogP contribution is -2.45. The highest BCUT2D eigenvalue weighted by molar-refractivity contribution is 6.00. The highest BCUT2D eigenvalue weighted by Crippen LogP contribution is 2.29. The van der Waals surface area contributed by atoms with Crippen LogP contribution in [-0.2, 0) is 9.59 Å². The van der Waals surface area contributed by atoms with E-state index in [0.717, 1.165) is 24.5 Å². The van der Waals surface area contributed by atoms with Crippen LogP contribution < -0.4 is 9.64 Å². The zero-order valence-electron chi connectivity index (χ0n) is 15.4. The van der Waals surface area contributed by atoms with Gasteiger partial charge in [-0.1, -0.05) is 13.8 Å². The molecule has 3 rings (SSSR count). The summed E-state index contributed by atoms with van der Waals surface area (Å²) in [5.74, 6) is 1.80. The first kappa shape index (κ1) is 17.8. The zero-order valence-corrected chi connectivity index (χ0v) is 15.4. The minimum absolute atomic E-state index is 0.0283. The Labute approximate surface area is 149 Å². The summed E-state index contributed by atoms with van der Waals surface area (Å²) in [6, 6.07) is 7.52. The summed E-state index contributed by atoms with van der Waals surface area (Å²) >= 11 is 0. The molecule has 0 radical (unpaired) electrons. The lowest BCUT2D eigenvalue weighted by molar-refractivity contribution is -0.138. The predicted molar refractivity (Wildman–Crippen MR) is 97.6 cm³/mol. The molecule has 0 spiro atoms. The van der Waals surface area contributed by atoms with Crippen molar-refractivity contribution in [3.8, 4) is 5.75 Å². The van der Waals surface area contributed by atoms with Crippen LogP contribution in [0, 0.1) is 17.8 Å². The second-order valence-corrected chi connectivity index (χ2v) is 7.52. The number of carbonyl (C=O) groups excluding carboxylic acids is 2. The molecule has 1 aromatic rings. The van der Waals surface area contributed by atoms with Crippen molar-refractivity contribution in [3.05, 3.63) is 24.3 Å². The molecule has 0 N–H and O–H groups in total. The topological polar surface area (TPSA) is 49.9 Å². The van der Waals surface area contributed by atoms with Crippen LogP contribution in [0.4, 0.5) is 5.69 Å². The maximum Gasteiger partial charge on any atom is 0.228 e. The molecule has 3 unspecified atom stereocenters. The molecule has 25 heavy (non-hydrogen) atoms. The Morgan fingerprint density at radius 1 is 1.12 bits per heavy atom. The Bertz CT molecular complexity index is 618. The molecular weight excluding hydrogens is 316 g/mol. The molecule has 2 aliphatic heterocycles. The third kappa shape index (κ3) is 3.97. The number of rotatable bonds is 4. The zero-order chi connectivity index (χ0) is 18.0. The van der Waals surface area contributed by atoms with Gasteiger partial charge >= 0.3 is 0 Å². The van der Waals surface area contributed by atoms with Gasteiger partial charge in [0.1, 0.15) is 5.75 Å². The van der Waals surface area contributed by atoms with E-state index in [1.165, 1.54) is 6.42 Å². The second-order valence-electron chi connectivity index (χ2n) is 7.52. The van der Waals surface area contributed by atoms with Crippen LogP contribution >= 0.6 is 0 Å². The third-order valence-corrected chi connectivity index (χ3v) is 5.11. The number of anilines is 1. The van der Waals surface area contributed by atoms with Crippen molar-refractivity contribution in [2.24, 2.45) is 17.8 Å². The Hall–Kier alpha value is -2.04. The van der Waals surface area contributed by atoms with Crippen LogP contribution in [-0.4, -0.2) is 43.0 Å². The van der Waals surface area contributed by atoms with E-state index in [1.54, 1.807) is 4.90 Å². The number of carbonyl (C=O) groups is 2. The molecule has 0 aliphatic carbocycles. The Kier molecular flexibility index (Phi) is 5.30. The van der Waals surface area contributed by atoms with Crippen molar-refractivity contribution in [3.63, 3.8) is 0 Å². The molecule has 0 bridgehead atoms. The molecule has 2 heterocycles. The van der Waals surface area contributed by atoms with Crippen LogP contribution in [0.5, 0.6) is 5.75 Å². The molecule has 5 nitrogen and oxygen atoms in total. The number of nitrogens with zero attached hydrogens (tertiary/aromatic N) is 2. The van der Waals surface area contributed by atoms with Crippen molar-refractivity contribution in [1.29, 1.82) is 0 Å². The molecule has 2 amide bonds. The number of piperidine rings is 1. The summed E-state index contributed by atoms with van der Waals surface area (Å²) in [4.78, 5) is 29.0. The molecule has 2 saturated heterocycles. The van der Waals surface area contributed by atoms with Gasteiger partial charge in [-0.25, -0.2) is 0 Å². The van der Waals surface area contributed by atoms with Gasteiger partial charge in [-0.05, 0) is 49.4 Å². The molecule has 1 aromatic carbocycles. The summed E-state index contributed by atoms with van der Waals surface area (Å²) in [6.07, 6.45) is 1.48. The molecule has 3 atom stereocenters. The smallest absolute Gasteiger partial charge is 0.228 e. The SMILES string of the molecule is CCOc1ccc(N2CC(C(=O)N3CC(C)CC(C)C3)CC2=O)cc1. The molecule has 5 heteroatoms. The number of hydrogen-bond acceptors (Lipinski definition) is 3. The van der Waals surface area contributed by atoms with Crippen molar-refractivity contribution in [1.82, 2.24) is 4.90 Å². The highest BCUT2D eigenvalue weighted by Gasteiger charge is 2.38. The number of likely N-dealkylation sites (tertiary alicyclic amines) is 1. The largest absolute Gasteiger partial charge is 0.494 e. The maximum absolute atomic E-state index is 12.9. The van der Waals surface area contributed by atoms with Gasteiger partial charge < -0.3 is 14.5 Å². The number of hydrogen-bond donors (Lipinski definition) is 0. The van der Waals surface area contributed by atoms with E-state index in [4.69, 9.17) is 4.74 Å². The Morgan fingerprint density at radius 2 is 1.76 bits per heavy atom. The first-order chi connectivity index (χ1) is 12.0. The predicted octanol–water partition coefficient (Wildman–Crippen LogP) is 2.94. The molecule has 136 valence electrons. The summed E-state index contributed by atoms with van der Waals surface area (Å²) in [7, 11) is 0. The number of ether oxygens (including phenoxy) is 1. The fraction of sp³-hybridized carbons (Fsp3) is 0.600. The Morgan fingerprint density at radius 3 is 2.36 bits per heavy atom. The minimum atomic E-state index is -0.225. The van der Waals surface area contributed by atoms with Crippen LogP contribution in [0.1, 0.15) is 33.6 Å². The number of amides is 2. The van der Waals surface area contributed by atoms with Crippen LogP contribution in [0.25, 0.3) is 0 Å². The van der Waals surface area contributed by atoms with Crippen LogP contribution in [0.2, 0.25) is 0 Å². The Balaban J connectivity index is 1.66. The average molecular weight is 344 g/mol. The van der Waals surface area contributed by atoms with Crippen molar-refractivity contribution in [2.45, 2.75) is 33.6 Å². The first-order valence-electron chi connectivity index (χ1n) is 9.30. The quantitative estimate of drug-likeness (QED) is 0.844. The minimum Gasteiger partial charge on any atom is -0.494 e. The summed E-state index contributed by atoms with van der Waals surface area (Å²) in [6.45, 7) is 9.06. The van der Waals surface area contributed by atoms with Gasteiger partial charge in [-0.3, -0.25) is 9.59 Å². The van der Waals surface area contributed by atoms with E-state index in [2.05, 4.69) is 13.8 Å². The third-order valence-electron chi connectivity index (χ3n) is 5.11. The lowest BCUT2D eigenvalue weighted by atomic mass is 9.91. The fourth-order valence-electron chi connectivity index (χ4n) is 4.11. The van der Waals surface area contributed by atoms with Gasteiger partial charge in [0.2, 0.25) is 11.8 Å². The molecule has 2 fully saturated rings. The summed E-state index contributed by atoms with van der Waals surface area (Å²) in [5, 5.41) is 0. The molecule has 0 saturated carbocycles. The molecule has 0 aromatic heterocycles. The van der Waals surface area contributed by atoms with Crippen molar-refractivity contribution in [2.75, 3.05) is 31.1 Å². The van der Waals surface area contributed by atoms with E-state index in [0.29, 0.717) is 31.4 Å². The van der Waals surface area contributed by atoms with Crippen LogP contribution in [0.3, 0.4) is 0 Å². The molecule has 2 aliphatic rings.